The van der Waals surface area contributed by atoms with Crippen molar-refractivity contribution in [2.75, 3.05) is 11.4 Å². The Kier molecular flexibility index (Phi) is 3.89. The molecule has 1 fully saturated rings. The molecule has 0 radical (unpaired) electrons. The summed E-state index contributed by atoms with van der Waals surface area (Å²) in [6.07, 6.45) is 2.90. The summed E-state index contributed by atoms with van der Waals surface area (Å²) in [5.74, 6) is 1.88. The van der Waals surface area contributed by atoms with Crippen LogP contribution in [0.1, 0.15) is 33.1 Å². The van der Waals surface area contributed by atoms with Crippen molar-refractivity contribution in [1.29, 1.82) is 0 Å². The van der Waals surface area contributed by atoms with Crippen LogP contribution in [0.15, 0.2) is 24.3 Å². The Labute approximate surface area is 126 Å². The van der Waals surface area contributed by atoms with Crippen molar-refractivity contribution in [3.63, 3.8) is 0 Å². The lowest BCUT2D eigenvalue weighted by atomic mass is 9.77. The van der Waals surface area contributed by atoms with Gasteiger partial charge < -0.3 is 15.4 Å². The molecular formula is C17H24N2O2. The number of hydrogen-bond donors (Lipinski definition) is 1. The number of carbonyl (C=O) groups is 1. The van der Waals surface area contributed by atoms with Crippen LogP contribution in [0.3, 0.4) is 0 Å². The maximum absolute atomic E-state index is 12.7. The summed E-state index contributed by atoms with van der Waals surface area (Å²) in [4.78, 5) is 14.7. The van der Waals surface area contributed by atoms with E-state index in [-0.39, 0.29) is 11.9 Å². The highest BCUT2D eigenvalue weighted by Gasteiger charge is 2.40. The van der Waals surface area contributed by atoms with Crippen molar-refractivity contribution in [1.82, 2.24) is 0 Å². The van der Waals surface area contributed by atoms with E-state index in [1.54, 1.807) is 0 Å². The number of carbonyl (C=O) groups excluding carboxylic acids is 1. The Bertz CT molecular complexity index is 531. The molecule has 4 nitrogen and oxygen atoms in total. The zero-order valence-corrected chi connectivity index (χ0v) is 12.8. The largest absolute Gasteiger partial charge is 0.479 e. The van der Waals surface area contributed by atoms with Crippen LogP contribution in [0, 0.1) is 11.8 Å². The number of nitrogens with two attached hydrogens (primary N) is 1. The zero-order chi connectivity index (χ0) is 15.0. The van der Waals surface area contributed by atoms with Crippen LogP contribution in [-0.4, -0.2) is 24.6 Å². The standard InChI is InChI=1S/C17H24N2O2/c1-11-7-8-13(10-18)15(9-11)19-14-5-3-4-6-16(14)21-12(2)17(19)20/h3-6,11-13,15H,7-10,18H2,1-2H3. The summed E-state index contributed by atoms with van der Waals surface area (Å²) in [5, 5.41) is 0. The smallest absolute Gasteiger partial charge is 0.268 e. The molecule has 1 aliphatic heterocycles. The van der Waals surface area contributed by atoms with Gasteiger partial charge in [-0.15, -0.1) is 0 Å². The van der Waals surface area contributed by atoms with Gasteiger partial charge in [0.2, 0.25) is 0 Å². The number of hydrogen-bond acceptors (Lipinski definition) is 3. The normalized spacial score (nSPS) is 32.5. The lowest BCUT2D eigenvalue weighted by Crippen LogP contribution is -2.55. The zero-order valence-electron chi connectivity index (χ0n) is 12.8. The van der Waals surface area contributed by atoms with E-state index in [9.17, 15) is 4.79 Å². The van der Waals surface area contributed by atoms with Gasteiger partial charge in [-0.3, -0.25) is 4.79 Å². The molecule has 2 aliphatic rings. The topological polar surface area (TPSA) is 55.6 Å². The van der Waals surface area contributed by atoms with Crippen LogP contribution in [0.5, 0.6) is 5.75 Å². The van der Waals surface area contributed by atoms with E-state index >= 15 is 0 Å². The van der Waals surface area contributed by atoms with Gasteiger partial charge in [0.25, 0.3) is 5.91 Å². The SMILES string of the molecule is CC1CCC(CN)C(N2C(=O)C(C)Oc3ccccc32)C1. The second-order valence-corrected chi connectivity index (χ2v) is 6.42. The Hall–Kier alpha value is -1.55. The summed E-state index contributed by atoms with van der Waals surface area (Å²) >= 11 is 0. The van der Waals surface area contributed by atoms with Crippen molar-refractivity contribution in [3.05, 3.63) is 24.3 Å². The van der Waals surface area contributed by atoms with E-state index in [0.717, 1.165) is 24.3 Å². The first-order chi connectivity index (χ1) is 10.1. The first kappa shape index (κ1) is 14.4. The predicted octanol–water partition coefficient (Wildman–Crippen LogP) is 2.56. The van der Waals surface area contributed by atoms with E-state index in [1.807, 2.05) is 36.1 Å². The summed E-state index contributed by atoms with van der Waals surface area (Å²) in [5.41, 5.74) is 6.88. The highest BCUT2D eigenvalue weighted by atomic mass is 16.5. The first-order valence-corrected chi connectivity index (χ1v) is 7.90. The number of ether oxygens (including phenoxy) is 1. The number of rotatable bonds is 2. The molecule has 4 heteroatoms. The van der Waals surface area contributed by atoms with Crippen molar-refractivity contribution in [2.45, 2.75) is 45.3 Å². The predicted molar refractivity (Wildman–Crippen MR) is 83.4 cm³/mol. The number of amides is 1. The summed E-state index contributed by atoms with van der Waals surface area (Å²) < 4.78 is 5.74. The average Bonchev–Trinajstić information content (AvgIpc) is 2.48. The van der Waals surface area contributed by atoms with Crippen molar-refractivity contribution in [3.8, 4) is 5.75 Å². The molecule has 1 heterocycles. The summed E-state index contributed by atoms with van der Waals surface area (Å²) in [7, 11) is 0. The molecule has 21 heavy (non-hydrogen) atoms. The van der Waals surface area contributed by atoms with Gasteiger partial charge in [0.15, 0.2) is 6.10 Å². The summed E-state index contributed by atoms with van der Waals surface area (Å²) in [6, 6.07) is 8.02. The van der Waals surface area contributed by atoms with Crippen LogP contribution in [-0.2, 0) is 4.79 Å². The molecule has 0 aromatic heterocycles. The molecule has 2 N–H and O–H groups in total. The van der Waals surface area contributed by atoms with E-state index in [0.29, 0.717) is 18.4 Å². The average molecular weight is 288 g/mol. The number of fused-ring (bicyclic) bond motifs is 1. The maximum atomic E-state index is 12.7. The molecular weight excluding hydrogens is 264 g/mol. The highest BCUT2D eigenvalue weighted by Crippen LogP contribution is 2.40. The van der Waals surface area contributed by atoms with Crippen LogP contribution in [0.4, 0.5) is 5.69 Å². The molecule has 0 spiro atoms. The molecule has 3 rings (SSSR count). The van der Waals surface area contributed by atoms with Gasteiger partial charge in [-0.05, 0) is 50.3 Å². The quantitative estimate of drug-likeness (QED) is 0.910. The van der Waals surface area contributed by atoms with Gasteiger partial charge in [-0.2, -0.15) is 0 Å². The van der Waals surface area contributed by atoms with Gasteiger partial charge in [0.05, 0.1) is 5.69 Å². The van der Waals surface area contributed by atoms with Gasteiger partial charge in [-0.25, -0.2) is 0 Å². The fourth-order valence-electron chi connectivity index (χ4n) is 3.66. The monoisotopic (exact) mass is 288 g/mol. The molecule has 1 aromatic rings. The maximum Gasteiger partial charge on any atom is 0.268 e. The molecule has 0 bridgehead atoms. The van der Waals surface area contributed by atoms with E-state index in [4.69, 9.17) is 10.5 Å². The molecule has 114 valence electrons. The van der Waals surface area contributed by atoms with Crippen LogP contribution in [0.2, 0.25) is 0 Å². The molecule has 1 aliphatic carbocycles. The minimum atomic E-state index is -0.421. The van der Waals surface area contributed by atoms with Crippen molar-refractivity contribution < 1.29 is 9.53 Å². The van der Waals surface area contributed by atoms with E-state index < -0.39 is 6.10 Å². The lowest BCUT2D eigenvalue weighted by molar-refractivity contribution is -0.126. The fraction of sp³-hybridized carbons (Fsp3) is 0.588. The van der Waals surface area contributed by atoms with Crippen molar-refractivity contribution >= 4 is 11.6 Å². The molecule has 1 saturated carbocycles. The van der Waals surface area contributed by atoms with E-state index in [1.165, 1.54) is 6.42 Å². The van der Waals surface area contributed by atoms with Gasteiger partial charge in [0, 0.05) is 6.04 Å². The number of anilines is 1. The second kappa shape index (κ2) is 5.68. The Morgan fingerprint density at radius 3 is 2.81 bits per heavy atom. The van der Waals surface area contributed by atoms with Crippen LogP contribution >= 0.6 is 0 Å². The number of nitrogens with zero attached hydrogens (tertiary/aromatic N) is 1. The minimum Gasteiger partial charge on any atom is -0.479 e. The number of benzene rings is 1. The Balaban J connectivity index is 2.00. The van der Waals surface area contributed by atoms with Gasteiger partial charge >= 0.3 is 0 Å². The third kappa shape index (κ3) is 2.53. The summed E-state index contributed by atoms with van der Waals surface area (Å²) in [6.45, 7) is 4.73. The van der Waals surface area contributed by atoms with E-state index in [2.05, 4.69) is 6.92 Å². The minimum absolute atomic E-state index is 0.0613. The molecule has 1 aromatic carbocycles. The molecule has 4 unspecified atom stereocenters. The highest BCUT2D eigenvalue weighted by molar-refractivity contribution is 6.00. The third-order valence-corrected chi connectivity index (χ3v) is 4.87. The number of para-hydroxylation sites is 2. The van der Waals surface area contributed by atoms with Gasteiger partial charge in [0.1, 0.15) is 5.75 Å². The Morgan fingerprint density at radius 1 is 1.29 bits per heavy atom. The van der Waals surface area contributed by atoms with Crippen LogP contribution < -0.4 is 15.4 Å². The fourth-order valence-corrected chi connectivity index (χ4v) is 3.66. The third-order valence-electron chi connectivity index (χ3n) is 4.87. The second-order valence-electron chi connectivity index (χ2n) is 6.42. The molecule has 1 amide bonds. The van der Waals surface area contributed by atoms with Gasteiger partial charge in [-0.1, -0.05) is 25.5 Å². The Morgan fingerprint density at radius 2 is 2.05 bits per heavy atom. The van der Waals surface area contributed by atoms with Crippen molar-refractivity contribution in [2.24, 2.45) is 17.6 Å². The first-order valence-electron chi connectivity index (χ1n) is 7.90. The molecule has 0 saturated heterocycles. The van der Waals surface area contributed by atoms with Crippen LogP contribution in [0.25, 0.3) is 0 Å². The lowest BCUT2D eigenvalue weighted by Gasteiger charge is -2.44. The molecule has 4 atom stereocenters.